The monoisotopic (exact) mass is 207 g/mol. The summed E-state index contributed by atoms with van der Waals surface area (Å²) in [4.78, 5) is 10.7. The SMILES string of the molecule is Cc1c(NN)ncnc1N1CCCCC1. The minimum absolute atomic E-state index is 0.713. The topological polar surface area (TPSA) is 67.1 Å². The number of nitrogens with zero attached hydrogens (tertiary/aromatic N) is 3. The third kappa shape index (κ3) is 2.02. The lowest BCUT2D eigenvalue weighted by atomic mass is 10.1. The molecule has 1 aromatic heterocycles. The highest BCUT2D eigenvalue weighted by Crippen LogP contribution is 2.24. The van der Waals surface area contributed by atoms with Crippen LogP contribution in [0.15, 0.2) is 6.33 Å². The van der Waals surface area contributed by atoms with Crippen LogP contribution in [0.25, 0.3) is 0 Å². The van der Waals surface area contributed by atoms with Crippen molar-refractivity contribution < 1.29 is 0 Å². The fourth-order valence-corrected chi connectivity index (χ4v) is 2.01. The van der Waals surface area contributed by atoms with E-state index >= 15 is 0 Å². The molecule has 2 heterocycles. The highest BCUT2D eigenvalue weighted by molar-refractivity contribution is 5.57. The molecular weight excluding hydrogens is 190 g/mol. The van der Waals surface area contributed by atoms with Crippen molar-refractivity contribution in [3.05, 3.63) is 11.9 Å². The molecule has 5 nitrogen and oxygen atoms in total. The van der Waals surface area contributed by atoms with Crippen molar-refractivity contribution in [2.75, 3.05) is 23.4 Å². The van der Waals surface area contributed by atoms with Crippen LogP contribution >= 0.6 is 0 Å². The van der Waals surface area contributed by atoms with E-state index in [4.69, 9.17) is 5.84 Å². The van der Waals surface area contributed by atoms with Crippen molar-refractivity contribution in [2.24, 2.45) is 5.84 Å². The van der Waals surface area contributed by atoms with E-state index in [-0.39, 0.29) is 0 Å². The van der Waals surface area contributed by atoms with Gasteiger partial charge in [-0.2, -0.15) is 0 Å². The fraction of sp³-hybridized carbons (Fsp3) is 0.600. The van der Waals surface area contributed by atoms with E-state index in [0.717, 1.165) is 24.5 Å². The van der Waals surface area contributed by atoms with Gasteiger partial charge >= 0.3 is 0 Å². The van der Waals surface area contributed by atoms with E-state index in [1.807, 2.05) is 6.92 Å². The highest BCUT2D eigenvalue weighted by atomic mass is 15.3. The summed E-state index contributed by atoms with van der Waals surface area (Å²) in [6, 6.07) is 0. The minimum atomic E-state index is 0.713. The average Bonchev–Trinajstić information content (AvgIpc) is 2.30. The Hall–Kier alpha value is -1.36. The Balaban J connectivity index is 2.26. The van der Waals surface area contributed by atoms with Crippen LogP contribution in [-0.2, 0) is 0 Å². The van der Waals surface area contributed by atoms with E-state index in [2.05, 4.69) is 20.3 Å². The Labute approximate surface area is 89.7 Å². The first-order valence-electron chi connectivity index (χ1n) is 5.36. The highest BCUT2D eigenvalue weighted by Gasteiger charge is 2.15. The molecular formula is C10H17N5. The van der Waals surface area contributed by atoms with Gasteiger partial charge in [-0.15, -0.1) is 0 Å². The largest absolute Gasteiger partial charge is 0.356 e. The number of nitrogens with one attached hydrogen (secondary N) is 1. The summed E-state index contributed by atoms with van der Waals surface area (Å²) in [7, 11) is 0. The molecule has 1 aliphatic rings. The number of aromatic nitrogens is 2. The first-order chi connectivity index (χ1) is 7.33. The van der Waals surface area contributed by atoms with Crippen molar-refractivity contribution in [3.8, 4) is 0 Å². The molecule has 2 rings (SSSR count). The Morgan fingerprint density at radius 3 is 2.67 bits per heavy atom. The Kier molecular flexibility index (Phi) is 3.01. The van der Waals surface area contributed by atoms with Gasteiger partial charge in [-0.3, -0.25) is 0 Å². The lowest BCUT2D eigenvalue weighted by molar-refractivity contribution is 0.572. The van der Waals surface area contributed by atoms with Gasteiger partial charge < -0.3 is 10.3 Å². The zero-order chi connectivity index (χ0) is 10.7. The van der Waals surface area contributed by atoms with Crippen LogP contribution in [0, 0.1) is 6.92 Å². The Bertz CT molecular complexity index is 333. The van der Waals surface area contributed by atoms with Crippen LogP contribution < -0.4 is 16.2 Å². The molecule has 0 unspecified atom stereocenters. The van der Waals surface area contributed by atoms with Crippen LogP contribution in [0.3, 0.4) is 0 Å². The van der Waals surface area contributed by atoms with Crippen LogP contribution in [0.4, 0.5) is 11.6 Å². The molecule has 0 aromatic carbocycles. The number of nitrogen functional groups attached to an aromatic ring is 1. The first-order valence-corrected chi connectivity index (χ1v) is 5.36. The third-order valence-electron chi connectivity index (χ3n) is 2.85. The fourth-order valence-electron chi connectivity index (χ4n) is 2.01. The van der Waals surface area contributed by atoms with Gasteiger partial charge in [0.15, 0.2) is 0 Å². The normalized spacial score (nSPS) is 16.5. The van der Waals surface area contributed by atoms with Crippen LogP contribution in [0.5, 0.6) is 0 Å². The van der Waals surface area contributed by atoms with Crippen molar-refractivity contribution >= 4 is 11.6 Å². The number of hydrogen-bond donors (Lipinski definition) is 2. The number of anilines is 2. The third-order valence-corrected chi connectivity index (χ3v) is 2.85. The van der Waals surface area contributed by atoms with Crippen molar-refractivity contribution in [1.29, 1.82) is 0 Å². The maximum Gasteiger partial charge on any atom is 0.148 e. The molecule has 1 aromatic rings. The van der Waals surface area contributed by atoms with Gasteiger partial charge in [-0.25, -0.2) is 15.8 Å². The van der Waals surface area contributed by atoms with E-state index in [1.54, 1.807) is 6.33 Å². The summed E-state index contributed by atoms with van der Waals surface area (Å²) in [6.07, 6.45) is 5.37. The molecule has 15 heavy (non-hydrogen) atoms. The van der Waals surface area contributed by atoms with Crippen molar-refractivity contribution in [2.45, 2.75) is 26.2 Å². The zero-order valence-electron chi connectivity index (χ0n) is 9.03. The van der Waals surface area contributed by atoms with Gasteiger partial charge in [0.25, 0.3) is 0 Å². The summed E-state index contributed by atoms with van der Waals surface area (Å²) in [5, 5.41) is 0. The van der Waals surface area contributed by atoms with Crippen LogP contribution in [0.2, 0.25) is 0 Å². The van der Waals surface area contributed by atoms with Crippen molar-refractivity contribution in [1.82, 2.24) is 9.97 Å². The predicted molar refractivity (Wildman–Crippen MR) is 60.6 cm³/mol. The van der Waals surface area contributed by atoms with Gasteiger partial charge in [0.05, 0.1) is 0 Å². The summed E-state index contributed by atoms with van der Waals surface area (Å²) in [5.41, 5.74) is 3.63. The van der Waals surface area contributed by atoms with Crippen LogP contribution in [-0.4, -0.2) is 23.1 Å². The molecule has 0 aliphatic carbocycles. The smallest absolute Gasteiger partial charge is 0.148 e. The lowest BCUT2D eigenvalue weighted by Gasteiger charge is -2.29. The maximum atomic E-state index is 5.39. The second kappa shape index (κ2) is 4.44. The van der Waals surface area contributed by atoms with Gasteiger partial charge in [0, 0.05) is 18.7 Å². The molecule has 82 valence electrons. The zero-order valence-corrected chi connectivity index (χ0v) is 9.03. The molecule has 1 fully saturated rings. The van der Waals surface area contributed by atoms with Crippen molar-refractivity contribution in [3.63, 3.8) is 0 Å². The Morgan fingerprint density at radius 1 is 1.27 bits per heavy atom. The second-order valence-corrected chi connectivity index (χ2v) is 3.86. The molecule has 1 aliphatic heterocycles. The molecule has 1 saturated heterocycles. The maximum absolute atomic E-state index is 5.39. The summed E-state index contributed by atoms with van der Waals surface area (Å²) in [6.45, 7) is 4.17. The van der Waals surface area contributed by atoms with Gasteiger partial charge in [0.2, 0.25) is 0 Å². The summed E-state index contributed by atoms with van der Waals surface area (Å²) >= 11 is 0. The number of piperidine rings is 1. The van der Waals surface area contributed by atoms with E-state index < -0.39 is 0 Å². The second-order valence-electron chi connectivity index (χ2n) is 3.86. The number of rotatable bonds is 2. The van der Waals surface area contributed by atoms with Gasteiger partial charge in [0.1, 0.15) is 18.0 Å². The van der Waals surface area contributed by atoms with E-state index in [9.17, 15) is 0 Å². The molecule has 0 amide bonds. The predicted octanol–water partition coefficient (Wildman–Crippen LogP) is 1.06. The minimum Gasteiger partial charge on any atom is -0.356 e. The van der Waals surface area contributed by atoms with E-state index in [0.29, 0.717) is 5.82 Å². The average molecular weight is 207 g/mol. The van der Waals surface area contributed by atoms with Gasteiger partial charge in [-0.1, -0.05) is 0 Å². The lowest BCUT2D eigenvalue weighted by Crippen LogP contribution is -2.31. The van der Waals surface area contributed by atoms with E-state index in [1.165, 1.54) is 19.3 Å². The molecule has 0 atom stereocenters. The van der Waals surface area contributed by atoms with Crippen LogP contribution in [0.1, 0.15) is 24.8 Å². The number of nitrogens with two attached hydrogens (primary N) is 1. The molecule has 0 bridgehead atoms. The van der Waals surface area contributed by atoms with Gasteiger partial charge in [-0.05, 0) is 26.2 Å². The molecule has 0 radical (unpaired) electrons. The molecule has 3 N–H and O–H groups in total. The quantitative estimate of drug-likeness (QED) is 0.560. The number of hydrazine groups is 1. The Morgan fingerprint density at radius 2 is 2.00 bits per heavy atom. The summed E-state index contributed by atoms with van der Waals surface area (Å²) < 4.78 is 0. The molecule has 5 heteroatoms. The summed E-state index contributed by atoms with van der Waals surface area (Å²) in [5.74, 6) is 7.12. The standard InChI is InChI=1S/C10H17N5/c1-8-9(14-11)12-7-13-10(8)15-5-3-2-4-6-15/h7H,2-6,11H2,1H3,(H,12,13,14). The molecule has 0 spiro atoms. The first kappa shape index (κ1) is 10.2. The molecule has 0 saturated carbocycles. The number of hydrogen-bond acceptors (Lipinski definition) is 5.